The normalized spacial score (nSPS) is 19.4. The summed E-state index contributed by atoms with van der Waals surface area (Å²) in [5.74, 6) is -0.851. The Labute approximate surface area is 110 Å². The summed E-state index contributed by atoms with van der Waals surface area (Å²) < 4.78 is 13.1. The first kappa shape index (κ1) is 13.3. The van der Waals surface area contributed by atoms with Gasteiger partial charge in [-0.3, -0.25) is 9.59 Å². The summed E-state index contributed by atoms with van der Waals surface area (Å²) in [6.07, 6.45) is 0.990. The van der Waals surface area contributed by atoms with Crippen molar-refractivity contribution in [2.75, 3.05) is 19.3 Å². The number of carbonyl (C=O) groups excluding carboxylic acids is 2. The molecule has 1 heterocycles. The summed E-state index contributed by atoms with van der Waals surface area (Å²) in [5.41, 5.74) is 6.01. The van der Waals surface area contributed by atoms with Crippen LogP contribution in [0.15, 0.2) is 18.2 Å². The van der Waals surface area contributed by atoms with Crippen LogP contribution in [0, 0.1) is 5.82 Å². The zero-order chi connectivity index (χ0) is 14.0. The van der Waals surface area contributed by atoms with E-state index >= 15 is 0 Å². The average Bonchev–Trinajstić information content (AvgIpc) is 2.36. The van der Waals surface area contributed by atoms with Crippen LogP contribution in [0.4, 0.5) is 10.1 Å². The fourth-order valence-electron chi connectivity index (χ4n) is 2.12. The number of likely N-dealkylation sites (N-methyl/N-ethyl adjacent to an activating group) is 1. The lowest BCUT2D eigenvalue weighted by atomic mass is 10.0. The summed E-state index contributed by atoms with van der Waals surface area (Å²) in [6, 6.07) is 3.56. The molecule has 19 heavy (non-hydrogen) atoms. The number of anilines is 1. The number of amides is 2. The molecular formula is C13H16FN3O2. The second-order valence-electron chi connectivity index (χ2n) is 4.71. The Hall–Kier alpha value is -2.11. The molecule has 1 unspecified atom stereocenters. The summed E-state index contributed by atoms with van der Waals surface area (Å²) in [4.78, 5) is 24.9. The third kappa shape index (κ3) is 3.01. The van der Waals surface area contributed by atoms with E-state index in [1.807, 2.05) is 0 Å². The molecule has 5 nitrogen and oxygen atoms in total. The van der Waals surface area contributed by atoms with Crippen LogP contribution in [0.25, 0.3) is 0 Å². The Kier molecular flexibility index (Phi) is 3.69. The van der Waals surface area contributed by atoms with E-state index < -0.39 is 11.7 Å². The fraction of sp³-hybridized carbons (Fsp3) is 0.385. The van der Waals surface area contributed by atoms with Crippen molar-refractivity contribution in [1.29, 1.82) is 0 Å². The van der Waals surface area contributed by atoms with Crippen molar-refractivity contribution in [3.05, 3.63) is 29.6 Å². The number of carbonyl (C=O) groups is 2. The van der Waals surface area contributed by atoms with Crippen LogP contribution in [0.1, 0.15) is 23.2 Å². The molecule has 1 aromatic rings. The zero-order valence-electron chi connectivity index (χ0n) is 10.6. The molecule has 102 valence electrons. The molecule has 3 N–H and O–H groups in total. The molecule has 1 saturated heterocycles. The van der Waals surface area contributed by atoms with Crippen LogP contribution in [-0.2, 0) is 4.79 Å². The lowest BCUT2D eigenvalue weighted by Gasteiger charge is -2.30. The number of nitrogens with one attached hydrogen (secondary N) is 1. The van der Waals surface area contributed by atoms with Crippen molar-refractivity contribution in [2.45, 2.75) is 18.9 Å². The van der Waals surface area contributed by atoms with Crippen molar-refractivity contribution in [1.82, 2.24) is 10.2 Å². The van der Waals surface area contributed by atoms with E-state index in [1.54, 1.807) is 11.9 Å². The molecule has 6 heteroatoms. The quantitative estimate of drug-likeness (QED) is 0.775. The number of benzene rings is 1. The number of halogens is 1. The maximum Gasteiger partial charge on any atom is 0.253 e. The first-order valence-corrected chi connectivity index (χ1v) is 6.07. The van der Waals surface area contributed by atoms with Gasteiger partial charge >= 0.3 is 0 Å². The highest BCUT2D eigenvalue weighted by molar-refractivity contribution is 5.99. The Bertz CT molecular complexity index is 519. The van der Waals surface area contributed by atoms with E-state index in [-0.39, 0.29) is 23.2 Å². The van der Waals surface area contributed by atoms with Gasteiger partial charge in [0.05, 0.1) is 5.56 Å². The minimum absolute atomic E-state index is 0.0655. The van der Waals surface area contributed by atoms with Gasteiger partial charge in [-0.2, -0.15) is 0 Å². The van der Waals surface area contributed by atoms with Gasteiger partial charge in [-0.25, -0.2) is 4.39 Å². The summed E-state index contributed by atoms with van der Waals surface area (Å²) in [5, 5.41) is 2.77. The smallest absolute Gasteiger partial charge is 0.253 e. The number of rotatable bonds is 2. The van der Waals surface area contributed by atoms with Gasteiger partial charge in [-0.1, -0.05) is 0 Å². The lowest BCUT2D eigenvalue weighted by molar-refractivity contribution is -0.132. The molecule has 0 aromatic heterocycles. The first-order chi connectivity index (χ1) is 8.97. The SMILES string of the molecule is CN1CC(NC(=O)c2cc(F)ccc2N)CCC1=O. The second-order valence-corrected chi connectivity index (χ2v) is 4.71. The Morgan fingerprint density at radius 1 is 1.53 bits per heavy atom. The highest BCUT2D eigenvalue weighted by Crippen LogP contribution is 2.15. The largest absolute Gasteiger partial charge is 0.398 e. The maximum atomic E-state index is 13.1. The minimum Gasteiger partial charge on any atom is -0.398 e. The van der Waals surface area contributed by atoms with Gasteiger partial charge in [-0.05, 0) is 24.6 Å². The second kappa shape index (κ2) is 5.26. The van der Waals surface area contributed by atoms with Gasteiger partial charge in [0, 0.05) is 31.7 Å². The molecule has 1 aromatic carbocycles. The van der Waals surface area contributed by atoms with Gasteiger partial charge in [0.15, 0.2) is 0 Å². The third-order valence-electron chi connectivity index (χ3n) is 3.22. The van der Waals surface area contributed by atoms with E-state index in [1.165, 1.54) is 12.1 Å². The Morgan fingerprint density at radius 2 is 2.26 bits per heavy atom. The van der Waals surface area contributed by atoms with Crippen molar-refractivity contribution in [3.8, 4) is 0 Å². The van der Waals surface area contributed by atoms with E-state index in [2.05, 4.69) is 5.32 Å². The predicted molar refractivity (Wildman–Crippen MR) is 68.9 cm³/mol. The fourth-order valence-corrected chi connectivity index (χ4v) is 2.12. The van der Waals surface area contributed by atoms with Crippen molar-refractivity contribution in [3.63, 3.8) is 0 Å². The van der Waals surface area contributed by atoms with Crippen LogP contribution < -0.4 is 11.1 Å². The first-order valence-electron chi connectivity index (χ1n) is 6.07. The van der Waals surface area contributed by atoms with E-state index in [4.69, 9.17) is 5.73 Å². The number of hydrogen-bond donors (Lipinski definition) is 2. The van der Waals surface area contributed by atoms with Gasteiger partial charge in [0.25, 0.3) is 5.91 Å². The highest BCUT2D eigenvalue weighted by Gasteiger charge is 2.24. The summed E-state index contributed by atoms with van der Waals surface area (Å²) in [7, 11) is 1.69. The van der Waals surface area contributed by atoms with Gasteiger partial charge in [0.1, 0.15) is 5.82 Å². The standard InChI is InChI=1S/C13H16FN3O2/c1-17-7-9(3-5-12(17)18)16-13(19)10-6-8(14)2-4-11(10)15/h2,4,6,9H,3,5,7,15H2,1H3,(H,16,19). The van der Waals surface area contributed by atoms with Crippen molar-refractivity contribution >= 4 is 17.5 Å². The van der Waals surface area contributed by atoms with Crippen LogP contribution >= 0.6 is 0 Å². The van der Waals surface area contributed by atoms with E-state index in [0.29, 0.717) is 19.4 Å². The van der Waals surface area contributed by atoms with Crippen LogP contribution in [0.5, 0.6) is 0 Å². The maximum absolute atomic E-state index is 13.1. The number of piperidine rings is 1. The summed E-state index contributed by atoms with van der Waals surface area (Å²) in [6.45, 7) is 0.458. The average molecular weight is 265 g/mol. The van der Waals surface area contributed by atoms with Crippen molar-refractivity contribution in [2.24, 2.45) is 0 Å². The van der Waals surface area contributed by atoms with Gasteiger partial charge < -0.3 is 16.0 Å². The van der Waals surface area contributed by atoms with Crippen LogP contribution in [0.3, 0.4) is 0 Å². The number of nitrogens with two attached hydrogens (primary N) is 1. The molecule has 0 bridgehead atoms. The predicted octanol–water partition coefficient (Wildman–Crippen LogP) is 0.758. The highest BCUT2D eigenvalue weighted by atomic mass is 19.1. The number of hydrogen-bond acceptors (Lipinski definition) is 3. The zero-order valence-corrected chi connectivity index (χ0v) is 10.6. The topological polar surface area (TPSA) is 75.4 Å². The Balaban J connectivity index is 2.05. The molecule has 0 saturated carbocycles. The number of likely N-dealkylation sites (tertiary alicyclic amines) is 1. The molecule has 0 radical (unpaired) electrons. The number of nitrogen functional groups attached to an aromatic ring is 1. The monoisotopic (exact) mass is 265 g/mol. The minimum atomic E-state index is -0.504. The van der Waals surface area contributed by atoms with Gasteiger partial charge in [0.2, 0.25) is 5.91 Å². The lowest BCUT2D eigenvalue weighted by Crippen LogP contribution is -2.48. The van der Waals surface area contributed by atoms with E-state index in [9.17, 15) is 14.0 Å². The van der Waals surface area contributed by atoms with E-state index in [0.717, 1.165) is 6.07 Å². The number of nitrogens with zero attached hydrogens (tertiary/aromatic N) is 1. The molecular weight excluding hydrogens is 249 g/mol. The van der Waals surface area contributed by atoms with Crippen LogP contribution in [-0.4, -0.2) is 36.3 Å². The molecule has 1 fully saturated rings. The molecule has 1 atom stereocenters. The summed E-state index contributed by atoms with van der Waals surface area (Å²) >= 11 is 0. The molecule has 2 rings (SSSR count). The third-order valence-corrected chi connectivity index (χ3v) is 3.22. The van der Waals surface area contributed by atoms with Crippen LogP contribution in [0.2, 0.25) is 0 Å². The molecule has 0 spiro atoms. The molecule has 1 aliphatic heterocycles. The molecule has 2 amide bonds. The molecule has 0 aliphatic carbocycles. The molecule has 1 aliphatic rings. The Morgan fingerprint density at radius 3 is 2.95 bits per heavy atom. The van der Waals surface area contributed by atoms with Gasteiger partial charge in [-0.15, -0.1) is 0 Å². The van der Waals surface area contributed by atoms with Crippen molar-refractivity contribution < 1.29 is 14.0 Å².